The van der Waals surface area contributed by atoms with Crippen molar-refractivity contribution in [3.8, 4) is 0 Å². The van der Waals surface area contributed by atoms with Gasteiger partial charge in [-0.15, -0.1) is 0 Å². The highest BCUT2D eigenvalue weighted by Crippen LogP contribution is 2.34. The van der Waals surface area contributed by atoms with Gasteiger partial charge < -0.3 is 5.32 Å². The normalized spacial score (nSPS) is 20.5. The number of halogens is 1. The van der Waals surface area contributed by atoms with Crippen molar-refractivity contribution < 1.29 is 0 Å². The van der Waals surface area contributed by atoms with Crippen LogP contribution in [0.15, 0.2) is 22.7 Å². The summed E-state index contributed by atoms with van der Waals surface area (Å²) < 4.78 is 1.11. The van der Waals surface area contributed by atoms with Gasteiger partial charge in [-0.2, -0.15) is 0 Å². The second-order valence-electron chi connectivity index (χ2n) is 2.94. The van der Waals surface area contributed by atoms with Crippen molar-refractivity contribution in [1.82, 2.24) is 0 Å². The van der Waals surface area contributed by atoms with E-state index in [2.05, 4.69) is 40.3 Å². The highest BCUT2D eigenvalue weighted by Gasteiger charge is 2.22. The van der Waals surface area contributed by atoms with Crippen LogP contribution in [0.4, 0.5) is 5.69 Å². The topological polar surface area (TPSA) is 12.0 Å². The lowest BCUT2D eigenvalue weighted by molar-refractivity contribution is 1.07. The Morgan fingerprint density at radius 1 is 1.50 bits per heavy atom. The quantitative estimate of drug-likeness (QED) is 0.700. The monoisotopic (exact) mass is 241 g/mol. The Morgan fingerprint density at radius 2 is 2.25 bits per heavy atom. The summed E-state index contributed by atoms with van der Waals surface area (Å²) in [5.41, 5.74) is 2.44. The van der Waals surface area contributed by atoms with E-state index in [-0.39, 0.29) is 0 Å². The van der Waals surface area contributed by atoms with E-state index in [1.54, 1.807) is 0 Å². The second-order valence-corrected chi connectivity index (χ2v) is 4.30. The van der Waals surface area contributed by atoms with Crippen molar-refractivity contribution in [1.29, 1.82) is 0 Å². The van der Waals surface area contributed by atoms with Crippen LogP contribution in [-0.4, -0.2) is 4.99 Å². The van der Waals surface area contributed by atoms with Crippen molar-refractivity contribution in [3.63, 3.8) is 0 Å². The third-order valence-electron chi connectivity index (χ3n) is 2.13. The fourth-order valence-corrected chi connectivity index (χ4v) is 2.00. The Bertz CT molecular complexity index is 348. The van der Waals surface area contributed by atoms with E-state index in [4.69, 9.17) is 12.2 Å². The fraction of sp³-hybridized carbons (Fsp3) is 0.222. The first-order chi connectivity index (χ1) is 5.68. The first kappa shape index (κ1) is 8.20. The third-order valence-corrected chi connectivity index (χ3v) is 3.08. The average molecular weight is 242 g/mol. The van der Waals surface area contributed by atoms with E-state index in [1.165, 1.54) is 5.56 Å². The summed E-state index contributed by atoms with van der Waals surface area (Å²) in [6, 6.07) is 6.19. The zero-order chi connectivity index (χ0) is 8.72. The van der Waals surface area contributed by atoms with E-state index in [1.807, 2.05) is 6.07 Å². The number of nitrogens with one attached hydrogen (secondary N) is 1. The van der Waals surface area contributed by atoms with Gasteiger partial charge in [0.2, 0.25) is 0 Å². The molecule has 0 amide bonds. The molecule has 1 heterocycles. The molecule has 3 heteroatoms. The summed E-state index contributed by atoms with van der Waals surface area (Å²) in [6.45, 7) is 2.12. The van der Waals surface area contributed by atoms with Crippen molar-refractivity contribution in [2.24, 2.45) is 0 Å². The van der Waals surface area contributed by atoms with Crippen LogP contribution in [0.1, 0.15) is 18.4 Å². The van der Waals surface area contributed by atoms with Crippen molar-refractivity contribution in [2.45, 2.75) is 12.8 Å². The Balaban J connectivity index is 2.55. The summed E-state index contributed by atoms with van der Waals surface area (Å²) in [6.07, 6.45) is 0. The van der Waals surface area contributed by atoms with Gasteiger partial charge in [-0.3, -0.25) is 0 Å². The van der Waals surface area contributed by atoms with Crippen molar-refractivity contribution in [3.05, 3.63) is 28.2 Å². The lowest BCUT2D eigenvalue weighted by atomic mass is 10.0. The van der Waals surface area contributed by atoms with Crippen molar-refractivity contribution >= 4 is 38.8 Å². The van der Waals surface area contributed by atoms with Crippen LogP contribution in [0.3, 0.4) is 0 Å². The predicted octanol–water partition coefficient (Wildman–Crippen LogP) is 3.31. The van der Waals surface area contributed by atoms with Gasteiger partial charge in [0.05, 0.1) is 4.99 Å². The second kappa shape index (κ2) is 2.82. The van der Waals surface area contributed by atoms with E-state index >= 15 is 0 Å². The van der Waals surface area contributed by atoms with Crippen LogP contribution in [0, 0.1) is 0 Å². The summed E-state index contributed by atoms with van der Waals surface area (Å²) in [4.78, 5) is 0.920. The summed E-state index contributed by atoms with van der Waals surface area (Å²) in [5.74, 6) is 0.354. The molecule has 12 heavy (non-hydrogen) atoms. The minimum atomic E-state index is 0.354. The molecule has 1 nitrogen and oxygen atoms in total. The first-order valence-electron chi connectivity index (χ1n) is 3.79. The Kier molecular flexibility index (Phi) is 1.93. The molecule has 62 valence electrons. The number of anilines is 1. The number of fused-ring (bicyclic) bond motifs is 1. The molecule has 1 aliphatic rings. The van der Waals surface area contributed by atoms with Gasteiger partial charge in [-0.05, 0) is 23.8 Å². The number of benzene rings is 1. The van der Waals surface area contributed by atoms with Gasteiger partial charge in [0, 0.05) is 16.1 Å². The molecule has 0 spiro atoms. The lowest BCUT2D eigenvalue weighted by Crippen LogP contribution is -2.05. The van der Waals surface area contributed by atoms with Gasteiger partial charge >= 0.3 is 0 Å². The zero-order valence-electron chi connectivity index (χ0n) is 6.60. The molecule has 0 radical (unpaired) electrons. The molecule has 0 aliphatic carbocycles. The smallest absolute Gasteiger partial charge is 0.0871 e. The van der Waals surface area contributed by atoms with E-state index in [0.717, 1.165) is 15.1 Å². The van der Waals surface area contributed by atoms with Crippen LogP contribution in [0.25, 0.3) is 0 Å². The van der Waals surface area contributed by atoms with E-state index < -0.39 is 0 Å². The molecule has 0 saturated heterocycles. The predicted molar refractivity (Wildman–Crippen MR) is 58.8 cm³/mol. The molecule has 0 aromatic heterocycles. The van der Waals surface area contributed by atoms with Gasteiger partial charge in [-0.1, -0.05) is 35.1 Å². The highest BCUT2D eigenvalue weighted by molar-refractivity contribution is 9.10. The summed E-state index contributed by atoms with van der Waals surface area (Å²) in [7, 11) is 0. The van der Waals surface area contributed by atoms with Crippen LogP contribution in [-0.2, 0) is 0 Å². The summed E-state index contributed by atoms with van der Waals surface area (Å²) >= 11 is 8.60. The molecule has 0 bridgehead atoms. The van der Waals surface area contributed by atoms with Gasteiger partial charge in [0.25, 0.3) is 0 Å². The minimum Gasteiger partial charge on any atom is -0.349 e. The fourth-order valence-electron chi connectivity index (χ4n) is 1.39. The van der Waals surface area contributed by atoms with Crippen LogP contribution in [0.2, 0.25) is 0 Å². The Morgan fingerprint density at radius 3 is 3.00 bits per heavy atom. The van der Waals surface area contributed by atoms with Gasteiger partial charge in [0.1, 0.15) is 0 Å². The average Bonchev–Trinajstić information content (AvgIpc) is 2.31. The summed E-state index contributed by atoms with van der Waals surface area (Å²) in [5, 5.41) is 3.18. The number of hydrogen-bond acceptors (Lipinski definition) is 1. The molecule has 1 aromatic rings. The molecule has 1 aliphatic heterocycles. The molecule has 1 atom stereocenters. The first-order valence-corrected chi connectivity index (χ1v) is 4.99. The Hall–Kier alpha value is -0.410. The number of hydrogen-bond donors (Lipinski definition) is 1. The molecule has 1 N–H and O–H groups in total. The van der Waals surface area contributed by atoms with Crippen molar-refractivity contribution in [2.75, 3.05) is 5.32 Å². The van der Waals surface area contributed by atoms with E-state index in [0.29, 0.717) is 5.92 Å². The van der Waals surface area contributed by atoms with E-state index in [9.17, 15) is 0 Å². The van der Waals surface area contributed by atoms with Crippen LogP contribution < -0.4 is 5.32 Å². The SMILES string of the molecule is C[C@@H]1C(=S)Nc2ccc(Br)cc21. The zero-order valence-corrected chi connectivity index (χ0v) is 9.00. The highest BCUT2D eigenvalue weighted by atomic mass is 79.9. The largest absolute Gasteiger partial charge is 0.349 e. The molecule has 2 rings (SSSR count). The van der Waals surface area contributed by atoms with Crippen LogP contribution in [0.5, 0.6) is 0 Å². The van der Waals surface area contributed by atoms with Crippen LogP contribution >= 0.6 is 28.1 Å². The van der Waals surface area contributed by atoms with Gasteiger partial charge in [-0.25, -0.2) is 0 Å². The Labute approximate surface area is 85.3 Å². The minimum absolute atomic E-state index is 0.354. The maximum atomic E-state index is 5.16. The number of thiocarbonyl (C=S) groups is 1. The molecule has 0 unspecified atom stereocenters. The maximum Gasteiger partial charge on any atom is 0.0871 e. The standard InChI is InChI=1S/C9H8BrNS/c1-5-7-4-6(10)2-3-8(7)11-9(5)12/h2-5H,1H3,(H,11,12)/t5-/m0/s1. The van der Waals surface area contributed by atoms with Gasteiger partial charge in [0.15, 0.2) is 0 Å². The molecule has 0 saturated carbocycles. The third kappa shape index (κ3) is 1.17. The molecular weight excluding hydrogens is 234 g/mol. The molecular formula is C9H8BrNS. The molecule has 0 fully saturated rings. The lowest BCUT2D eigenvalue weighted by Gasteiger charge is -2.01. The number of rotatable bonds is 0. The molecule has 1 aromatic carbocycles. The maximum absolute atomic E-state index is 5.16.